The Balaban J connectivity index is 1.81. The van der Waals surface area contributed by atoms with Crippen LogP contribution in [0.15, 0.2) is 59.5 Å². The predicted molar refractivity (Wildman–Crippen MR) is 105 cm³/mol. The average molecular weight is 431 g/mol. The van der Waals surface area contributed by atoms with Crippen molar-refractivity contribution in [2.24, 2.45) is 0 Å². The van der Waals surface area contributed by atoms with Crippen LogP contribution in [0.3, 0.4) is 0 Å². The summed E-state index contributed by atoms with van der Waals surface area (Å²) in [6.07, 6.45) is 5.43. The second-order valence-electron chi connectivity index (χ2n) is 5.83. The van der Waals surface area contributed by atoms with E-state index < -0.39 is 6.09 Å². The van der Waals surface area contributed by atoms with Gasteiger partial charge in [0.2, 0.25) is 0 Å². The molecule has 0 aliphatic heterocycles. The maximum atomic E-state index is 11.3. The normalized spacial score (nSPS) is 11.8. The number of aliphatic hydroxyl groups is 1. The van der Waals surface area contributed by atoms with Crippen LogP contribution in [0.4, 0.5) is 10.5 Å². The molecule has 2 N–H and O–H groups in total. The van der Waals surface area contributed by atoms with Crippen LogP contribution in [-0.4, -0.2) is 39.7 Å². The molecule has 7 nitrogen and oxygen atoms in total. The number of hydrogen-bond acceptors (Lipinski definition) is 5. The van der Waals surface area contributed by atoms with Crippen molar-refractivity contribution in [1.82, 2.24) is 14.8 Å². The summed E-state index contributed by atoms with van der Waals surface area (Å²) in [6, 6.07) is 11.1. The van der Waals surface area contributed by atoms with Gasteiger partial charge in [-0.1, -0.05) is 12.1 Å². The zero-order chi connectivity index (χ0) is 19.2. The first-order chi connectivity index (χ1) is 13.1. The molecule has 2 heterocycles. The Kier molecular flexibility index (Phi) is 6.20. The van der Waals surface area contributed by atoms with E-state index in [0.29, 0.717) is 12.1 Å². The minimum absolute atomic E-state index is 0.0332. The zero-order valence-electron chi connectivity index (χ0n) is 14.7. The Morgan fingerprint density at radius 1 is 1.22 bits per heavy atom. The third-order valence-electron chi connectivity index (χ3n) is 4.07. The fourth-order valence-electron chi connectivity index (χ4n) is 2.69. The largest absolute Gasteiger partial charge is 0.453 e. The Morgan fingerprint density at radius 2 is 2.00 bits per heavy atom. The number of pyridine rings is 1. The zero-order valence-corrected chi connectivity index (χ0v) is 16.3. The SMILES string of the molecule is COC(=O)Nc1ccc(-c2cnn(C(CCO)c3ccc(Br)cn3)c2)cc1. The fourth-order valence-corrected chi connectivity index (χ4v) is 2.93. The van der Waals surface area contributed by atoms with Gasteiger partial charge in [0, 0.05) is 34.7 Å². The number of benzene rings is 1. The van der Waals surface area contributed by atoms with E-state index in [1.54, 1.807) is 24.5 Å². The molecule has 0 bridgehead atoms. The van der Waals surface area contributed by atoms with Gasteiger partial charge in [0.25, 0.3) is 0 Å². The lowest BCUT2D eigenvalue weighted by Crippen LogP contribution is -2.14. The summed E-state index contributed by atoms with van der Waals surface area (Å²) in [4.78, 5) is 15.7. The number of anilines is 1. The Labute approximate surface area is 165 Å². The lowest BCUT2D eigenvalue weighted by atomic mass is 10.1. The van der Waals surface area contributed by atoms with Gasteiger partial charge in [0.15, 0.2) is 0 Å². The molecular formula is C19H19BrN4O3. The van der Waals surface area contributed by atoms with Crippen molar-refractivity contribution < 1.29 is 14.6 Å². The fraction of sp³-hybridized carbons (Fsp3) is 0.211. The summed E-state index contributed by atoms with van der Waals surface area (Å²) in [5.41, 5.74) is 3.37. The molecule has 0 saturated heterocycles. The van der Waals surface area contributed by atoms with Gasteiger partial charge in [0.05, 0.1) is 25.0 Å². The van der Waals surface area contributed by atoms with Crippen molar-refractivity contribution in [3.05, 3.63) is 65.2 Å². The highest BCUT2D eigenvalue weighted by molar-refractivity contribution is 9.10. The standard InChI is InChI=1S/C19H19BrN4O3/c1-27-19(26)23-16-5-2-13(3-6-16)14-10-22-24(12-14)18(8-9-25)17-7-4-15(20)11-21-17/h2-7,10-12,18,25H,8-9H2,1H3,(H,23,26). The maximum Gasteiger partial charge on any atom is 0.411 e. The first-order valence-electron chi connectivity index (χ1n) is 8.32. The van der Waals surface area contributed by atoms with Crippen molar-refractivity contribution in [3.8, 4) is 11.1 Å². The van der Waals surface area contributed by atoms with Crippen molar-refractivity contribution in [2.45, 2.75) is 12.5 Å². The summed E-state index contributed by atoms with van der Waals surface area (Å²) < 4.78 is 7.29. The number of carbonyl (C=O) groups excluding carboxylic acids is 1. The smallest absolute Gasteiger partial charge is 0.411 e. The number of aliphatic hydroxyl groups excluding tert-OH is 1. The van der Waals surface area contributed by atoms with Gasteiger partial charge in [-0.25, -0.2) is 4.79 Å². The molecule has 140 valence electrons. The number of hydrogen-bond donors (Lipinski definition) is 2. The maximum absolute atomic E-state index is 11.3. The molecule has 1 amide bonds. The first kappa shape index (κ1) is 19.1. The van der Waals surface area contributed by atoms with Crippen LogP contribution in [0.2, 0.25) is 0 Å². The number of methoxy groups -OCH3 is 1. The number of nitrogens with one attached hydrogen (secondary N) is 1. The van der Waals surface area contributed by atoms with Gasteiger partial charge in [-0.05, 0) is 52.2 Å². The molecule has 0 saturated carbocycles. The highest BCUT2D eigenvalue weighted by atomic mass is 79.9. The van der Waals surface area contributed by atoms with Gasteiger partial charge < -0.3 is 9.84 Å². The summed E-state index contributed by atoms with van der Waals surface area (Å²) in [7, 11) is 1.32. The molecule has 0 fully saturated rings. The second-order valence-corrected chi connectivity index (χ2v) is 6.75. The van der Waals surface area contributed by atoms with Crippen molar-refractivity contribution in [2.75, 3.05) is 19.0 Å². The van der Waals surface area contributed by atoms with Crippen molar-refractivity contribution in [3.63, 3.8) is 0 Å². The number of nitrogens with zero attached hydrogens (tertiary/aromatic N) is 3. The van der Waals surface area contributed by atoms with Gasteiger partial charge in [0.1, 0.15) is 0 Å². The summed E-state index contributed by atoms with van der Waals surface area (Å²) in [5, 5.41) is 16.5. The summed E-state index contributed by atoms with van der Waals surface area (Å²) in [6.45, 7) is 0.0332. The molecular weight excluding hydrogens is 412 g/mol. The highest BCUT2D eigenvalue weighted by Gasteiger charge is 2.16. The average Bonchev–Trinajstić information content (AvgIpc) is 3.17. The van der Waals surface area contributed by atoms with Crippen LogP contribution < -0.4 is 5.32 Å². The number of ether oxygens (including phenoxy) is 1. The topological polar surface area (TPSA) is 89.3 Å². The third kappa shape index (κ3) is 4.72. The third-order valence-corrected chi connectivity index (χ3v) is 4.53. The Hall–Kier alpha value is -2.71. The van der Waals surface area contributed by atoms with E-state index in [1.165, 1.54) is 7.11 Å². The van der Waals surface area contributed by atoms with Gasteiger partial charge in [-0.3, -0.25) is 15.0 Å². The number of carbonyl (C=O) groups is 1. The summed E-state index contributed by atoms with van der Waals surface area (Å²) >= 11 is 3.38. The van der Waals surface area contributed by atoms with E-state index in [4.69, 9.17) is 0 Å². The first-order valence-corrected chi connectivity index (χ1v) is 9.12. The molecule has 1 atom stereocenters. The number of rotatable bonds is 6. The second kappa shape index (κ2) is 8.79. The van der Waals surface area contributed by atoms with Gasteiger partial charge >= 0.3 is 6.09 Å². The van der Waals surface area contributed by atoms with E-state index in [1.807, 2.05) is 35.1 Å². The number of aromatic nitrogens is 3. The molecule has 27 heavy (non-hydrogen) atoms. The van der Waals surface area contributed by atoms with Crippen molar-refractivity contribution in [1.29, 1.82) is 0 Å². The van der Waals surface area contributed by atoms with E-state index in [2.05, 4.69) is 36.1 Å². The molecule has 1 unspecified atom stereocenters. The van der Waals surface area contributed by atoms with Crippen LogP contribution in [0.5, 0.6) is 0 Å². The molecule has 1 aromatic carbocycles. The molecule has 2 aromatic heterocycles. The molecule has 3 aromatic rings. The molecule has 0 aliphatic carbocycles. The quantitative estimate of drug-likeness (QED) is 0.619. The van der Waals surface area contributed by atoms with Crippen LogP contribution in [0, 0.1) is 0 Å². The van der Waals surface area contributed by atoms with Crippen LogP contribution in [0.1, 0.15) is 18.2 Å². The molecule has 8 heteroatoms. The summed E-state index contributed by atoms with van der Waals surface area (Å²) in [5.74, 6) is 0. The van der Waals surface area contributed by atoms with Crippen LogP contribution in [-0.2, 0) is 4.74 Å². The Bertz CT molecular complexity index is 894. The monoisotopic (exact) mass is 430 g/mol. The molecule has 0 radical (unpaired) electrons. The van der Waals surface area contributed by atoms with Gasteiger partial charge in [-0.2, -0.15) is 5.10 Å². The minimum Gasteiger partial charge on any atom is -0.453 e. The van der Waals surface area contributed by atoms with E-state index in [0.717, 1.165) is 21.3 Å². The number of amides is 1. The van der Waals surface area contributed by atoms with Crippen molar-refractivity contribution >= 4 is 27.7 Å². The number of halogens is 1. The lowest BCUT2D eigenvalue weighted by Gasteiger charge is -2.16. The van der Waals surface area contributed by atoms with E-state index in [-0.39, 0.29) is 12.6 Å². The Morgan fingerprint density at radius 3 is 2.63 bits per heavy atom. The molecule has 3 rings (SSSR count). The van der Waals surface area contributed by atoms with Gasteiger partial charge in [-0.15, -0.1) is 0 Å². The highest BCUT2D eigenvalue weighted by Crippen LogP contribution is 2.26. The predicted octanol–water partition coefficient (Wildman–Crippen LogP) is 3.86. The molecule has 0 spiro atoms. The lowest BCUT2D eigenvalue weighted by molar-refractivity contribution is 0.187. The van der Waals surface area contributed by atoms with E-state index >= 15 is 0 Å². The minimum atomic E-state index is -0.510. The van der Waals surface area contributed by atoms with Crippen LogP contribution >= 0.6 is 15.9 Å². The van der Waals surface area contributed by atoms with Crippen LogP contribution in [0.25, 0.3) is 11.1 Å². The van der Waals surface area contributed by atoms with E-state index in [9.17, 15) is 9.90 Å². The molecule has 0 aliphatic rings.